The van der Waals surface area contributed by atoms with E-state index >= 15 is 0 Å². The summed E-state index contributed by atoms with van der Waals surface area (Å²) in [7, 11) is 0. The number of anilines is 1. The van der Waals surface area contributed by atoms with Gasteiger partial charge < -0.3 is 5.32 Å². The number of nitrogens with zero attached hydrogens (tertiary/aromatic N) is 2. The first-order chi connectivity index (χ1) is 13.2. The van der Waals surface area contributed by atoms with Crippen molar-refractivity contribution in [1.82, 2.24) is 9.78 Å². The smallest absolute Gasteiger partial charge is 0.259 e. The second kappa shape index (κ2) is 7.25. The van der Waals surface area contributed by atoms with Crippen LogP contribution in [0.5, 0.6) is 0 Å². The Kier molecular flexibility index (Phi) is 4.49. The highest BCUT2D eigenvalue weighted by Crippen LogP contribution is 2.25. The number of nitrogens with one attached hydrogen (secondary N) is 1. The molecule has 0 atom stereocenters. The number of hydrogen-bond donors (Lipinski definition) is 1. The largest absolute Gasteiger partial charge is 0.322 e. The topological polar surface area (TPSA) is 46.9 Å². The molecule has 4 nitrogen and oxygen atoms in total. The molecule has 4 aromatic rings. The molecule has 5 heteroatoms. The Morgan fingerprint density at radius 1 is 0.852 bits per heavy atom. The Hall–Kier alpha value is -3.73. The van der Waals surface area contributed by atoms with Gasteiger partial charge in [-0.15, -0.1) is 0 Å². The highest BCUT2D eigenvalue weighted by molar-refractivity contribution is 6.08. The lowest BCUT2D eigenvalue weighted by Gasteiger charge is -2.05. The maximum Gasteiger partial charge on any atom is 0.259 e. The van der Waals surface area contributed by atoms with Crippen LogP contribution in [0.25, 0.3) is 16.9 Å². The van der Waals surface area contributed by atoms with Gasteiger partial charge in [-0.25, -0.2) is 9.07 Å². The Morgan fingerprint density at radius 3 is 2.15 bits per heavy atom. The summed E-state index contributed by atoms with van der Waals surface area (Å²) in [6.07, 6.45) is 1.69. The van der Waals surface area contributed by atoms with Crippen molar-refractivity contribution in [3.05, 3.63) is 103 Å². The molecule has 0 aliphatic carbocycles. The average Bonchev–Trinajstić information content (AvgIpc) is 3.16. The molecule has 1 aromatic heterocycles. The third-order valence-electron chi connectivity index (χ3n) is 4.13. The van der Waals surface area contributed by atoms with Gasteiger partial charge >= 0.3 is 0 Å². The minimum absolute atomic E-state index is 0.275. The van der Waals surface area contributed by atoms with Crippen molar-refractivity contribution in [2.24, 2.45) is 0 Å². The van der Waals surface area contributed by atoms with E-state index in [-0.39, 0.29) is 11.7 Å². The zero-order chi connectivity index (χ0) is 18.6. The zero-order valence-corrected chi connectivity index (χ0v) is 14.3. The normalized spacial score (nSPS) is 10.6. The third-order valence-corrected chi connectivity index (χ3v) is 4.13. The molecule has 0 saturated carbocycles. The summed E-state index contributed by atoms with van der Waals surface area (Å²) in [6.45, 7) is 0. The van der Waals surface area contributed by atoms with Gasteiger partial charge in [-0.05, 0) is 48.5 Å². The number of aromatic nitrogens is 2. The standard InChI is InChI=1S/C22H16FN3O/c23-17-13-11-16(12-14-17)21-20(22(27)24-18-7-3-1-4-8-18)15-26(25-21)19-9-5-2-6-10-19/h1-15H,(H,24,27). The van der Waals surface area contributed by atoms with Crippen molar-refractivity contribution < 1.29 is 9.18 Å². The lowest BCUT2D eigenvalue weighted by Crippen LogP contribution is -2.12. The molecular weight excluding hydrogens is 341 g/mol. The number of halogens is 1. The van der Waals surface area contributed by atoms with Crippen LogP contribution in [0.4, 0.5) is 10.1 Å². The van der Waals surface area contributed by atoms with Crippen molar-refractivity contribution in [2.75, 3.05) is 5.32 Å². The van der Waals surface area contributed by atoms with Crippen LogP contribution in [-0.4, -0.2) is 15.7 Å². The van der Waals surface area contributed by atoms with Crippen LogP contribution in [0.1, 0.15) is 10.4 Å². The maximum atomic E-state index is 13.3. The molecule has 0 saturated heterocycles. The highest BCUT2D eigenvalue weighted by atomic mass is 19.1. The van der Waals surface area contributed by atoms with Gasteiger partial charge in [0.05, 0.1) is 11.3 Å². The van der Waals surface area contributed by atoms with E-state index in [1.54, 1.807) is 23.0 Å². The molecule has 1 heterocycles. The van der Waals surface area contributed by atoms with Gasteiger partial charge in [0.1, 0.15) is 11.5 Å². The fourth-order valence-corrected chi connectivity index (χ4v) is 2.79. The average molecular weight is 357 g/mol. The Balaban J connectivity index is 1.77. The minimum Gasteiger partial charge on any atom is -0.322 e. The van der Waals surface area contributed by atoms with Gasteiger partial charge in [-0.1, -0.05) is 36.4 Å². The minimum atomic E-state index is -0.337. The molecule has 0 bridgehead atoms. The van der Waals surface area contributed by atoms with Gasteiger partial charge in [-0.3, -0.25) is 4.79 Å². The van der Waals surface area contributed by atoms with E-state index in [0.717, 1.165) is 5.69 Å². The van der Waals surface area contributed by atoms with Gasteiger partial charge in [-0.2, -0.15) is 5.10 Å². The fraction of sp³-hybridized carbons (Fsp3) is 0. The number of rotatable bonds is 4. The first kappa shape index (κ1) is 16.7. The summed E-state index contributed by atoms with van der Waals surface area (Å²) in [4.78, 5) is 12.9. The van der Waals surface area contributed by atoms with Gasteiger partial charge in [0.2, 0.25) is 0 Å². The van der Waals surface area contributed by atoms with Crippen LogP contribution in [0, 0.1) is 5.82 Å². The summed E-state index contributed by atoms with van der Waals surface area (Å²) in [5, 5.41) is 7.45. The molecule has 1 N–H and O–H groups in total. The highest BCUT2D eigenvalue weighted by Gasteiger charge is 2.19. The first-order valence-electron chi connectivity index (χ1n) is 8.48. The van der Waals surface area contributed by atoms with Crippen molar-refractivity contribution in [2.45, 2.75) is 0 Å². The molecule has 0 spiro atoms. The SMILES string of the molecule is O=C(Nc1ccccc1)c1cn(-c2ccccc2)nc1-c1ccc(F)cc1. The van der Waals surface area contributed by atoms with E-state index in [4.69, 9.17) is 0 Å². The molecule has 0 aliphatic heterocycles. The van der Waals surface area contributed by atoms with E-state index in [1.807, 2.05) is 60.7 Å². The van der Waals surface area contributed by atoms with E-state index in [9.17, 15) is 9.18 Å². The Labute approximate surface area is 155 Å². The first-order valence-corrected chi connectivity index (χ1v) is 8.48. The van der Waals surface area contributed by atoms with Crippen molar-refractivity contribution >= 4 is 11.6 Å². The molecule has 132 valence electrons. The van der Waals surface area contributed by atoms with Gasteiger partial charge in [0.25, 0.3) is 5.91 Å². The van der Waals surface area contributed by atoms with Crippen molar-refractivity contribution in [3.8, 4) is 16.9 Å². The van der Waals surface area contributed by atoms with Crippen LogP contribution in [-0.2, 0) is 0 Å². The van der Waals surface area contributed by atoms with E-state index in [1.165, 1.54) is 12.1 Å². The number of carbonyl (C=O) groups is 1. The van der Waals surface area contributed by atoms with Crippen molar-refractivity contribution in [3.63, 3.8) is 0 Å². The van der Waals surface area contributed by atoms with E-state index in [2.05, 4.69) is 10.4 Å². The summed E-state index contributed by atoms with van der Waals surface area (Å²) in [5.74, 6) is -0.612. The molecule has 1 amide bonds. The molecule has 27 heavy (non-hydrogen) atoms. The summed E-state index contributed by atoms with van der Waals surface area (Å²) < 4.78 is 15.0. The number of hydrogen-bond acceptors (Lipinski definition) is 2. The van der Waals surface area contributed by atoms with E-state index in [0.29, 0.717) is 22.5 Å². The quantitative estimate of drug-likeness (QED) is 0.563. The fourth-order valence-electron chi connectivity index (χ4n) is 2.79. The monoisotopic (exact) mass is 357 g/mol. The molecule has 3 aromatic carbocycles. The number of carbonyl (C=O) groups excluding carboxylic acids is 1. The number of amides is 1. The molecule has 4 rings (SSSR count). The summed E-state index contributed by atoms with van der Waals surface area (Å²) >= 11 is 0. The lowest BCUT2D eigenvalue weighted by atomic mass is 10.1. The second-order valence-corrected chi connectivity index (χ2v) is 6.00. The predicted molar refractivity (Wildman–Crippen MR) is 103 cm³/mol. The van der Waals surface area contributed by atoms with Crippen LogP contribution in [0.15, 0.2) is 91.1 Å². The molecular formula is C22H16FN3O. The van der Waals surface area contributed by atoms with Crippen LogP contribution < -0.4 is 5.32 Å². The third kappa shape index (κ3) is 3.62. The van der Waals surface area contributed by atoms with Crippen LogP contribution >= 0.6 is 0 Å². The van der Waals surface area contributed by atoms with E-state index < -0.39 is 0 Å². The maximum absolute atomic E-state index is 13.3. The predicted octanol–water partition coefficient (Wildman–Crippen LogP) is 4.93. The molecule has 0 aliphatic rings. The lowest BCUT2D eigenvalue weighted by molar-refractivity contribution is 0.102. The Morgan fingerprint density at radius 2 is 1.48 bits per heavy atom. The molecule has 0 unspecified atom stereocenters. The summed E-state index contributed by atoms with van der Waals surface area (Å²) in [5.41, 5.74) is 3.10. The molecule has 0 radical (unpaired) electrons. The number of para-hydroxylation sites is 2. The summed E-state index contributed by atoms with van der Waals surface area (Å²) in [6, 6.07) is 24.7. The van der Waals surface area contributed by atoms with Gasteiger partial charge in [0, 0.05) is 17.4 Å². The van der Waals surface area contributed by atoms with Crippen LogP contribution in [0.3, 0.4) is 0 Å². The Bertz CT molecular complexity index is 1060. The van der Waals surface area contributed by atoms with Crippen molar-refractivity contribution in [1.29, 1.82) is 0 Å². The van der Waals surface area contributed by atoms with Gasteiger partial charge in [0.15, 0.2) is 0 Å². The molecule has 0 fully saturated rings. The second-order valence-electron chi connectivity index (χ2n) is 6.00. The number of benzene rings is 3. The zero-order valence-electron chi connectivity index (χ0n) is 14.3. The van der Waals surface area contributed by atoms with Crippen LogP contribution in [0.2, 0.25) is 0 Å².